The number of anilines is 1. The summed E-state index contributed by atoms with van der Waals surface area (Å²) in [6, 6.07) is 0.118. The van der Waals surface area contributed by atoms with Crippen LogP contribution >= 0.6 is 11.6 Å². The van der Waals surface area contributed by atoms with Gasteiger partial charge in [0.2, 0.25) is 5.95 Å². The van der Waals surface area contributed by atoms with Crippen LogP contribution in [-0.2, 0) is 0 Å². The van der Waals surface area contributed by atoms with Crippen molar-refractivity contribution >= 4 is 28.7 Å². The van der Waals surface area contributed by atoms with E-state index in [9.17, 15) is 5.11 Å². The van der Waals surface area contributed by atoms with Gasteiger partial charge in [-0.2, -0.15) is 9.97 Å². The Morgan fingerprint density at radius 1 is 1.53 bits per heavy atom. The van der Waals surface area contributed by atoms with E-state index in [-0.39, 0.29) is 29.7 Å². The molecule has 1 aliphatic carbocycles. The van der Waals surface area contributed by atoms with E-state index in [1.807, 2.05) is 11.5 Å². The lowest BCUT2D eigenvalue weighted by atomic mass is 10.0. The van der Waals surface area contributed by atoms with Crippen molar-refractivity contribution in [1.29, 1.82) is 0 Å². The maximum Gasteiger partial charge on any atom is 0.223 e. The zero-order chi connectivity index (χ0) is 13.6. The van der Waals surface area contributed by atoms with Crippen molar-refractivity contribution in [1.82, 2.24) is 19.5 Å². The summed E-state index contributed by atoms with van der Waals surface area (Å²) >= 11 is 6.00. The van der Waals surface area contributed by atoms with Crippen LogP contribution in [0.3, 0.4) is 0 Å². The Kier molecular flexibility index (Phi) is 2.91. The lowest BCUT2D eigenvalue weighted by molar-refractivity contribution is 0.239. The molecule has 1 aliphatic rings. The molecule has 2 heterocycles. The zero-order valence-corrected chi connectivity index (χ0v) is 11.2. The van der Waals surface area contributed by atoms with Gasteiger partial charge in [0.05, 0.1) is 12.4 Å². The van der Waals surface area contributed by atoms with E-state index in [1.54, 1.807) is 6.33 Å². The van der Waals surface area contributed by atoms with Crippen molar-refractivity contribution in [3.8, 4) is 0 Å². The molecule has 2 aromatic rings. The minimum absolute atomic E-state index is 0.118. The summed E-state index contributed by atoms with van der Waals surface area (Å²) in [7, 11) is 0. The van der Waals surface area contributed by atoms with Crippen molar-refractivity contribution in [3.63, 3.8) is 0 Å². The molecule has 0 unspecified atom stereocenters. The molecule has 0 saturated heterocycles. The molecule has 3 N–H and O–H groups in total. The third-order valence-electron chi connectivity index (χ3n) is 3.60. The fraction of sp³-hybridized carbons (Fsp3) is 0.417. The first-order valence-corrected chi connectivity index (χ1v) is 6.42. The van der Waals surface area contributed by atoms with Crippen LogP contribution in [0.4, 0.5) is 5.95 Å². The molecule has 0 bridgehead atoms. The van der Waals surface area contributed by atoms with Crippen LogP contribution in [0.15, 0.2) is 18.0 Å². The Bertz CT molecular complexity index is 665. The topological polar surface area (TPSA) is 89.9 Å². The van der Waals surface area contributed by atoms with Gasteiger partial charge in [0, 0.05) is 12.5 Å². The van der Waals surface area contributed by atoms with Crippen LogP contribution in [-0.4, -0.2) is 31.2 Å². The maximum absolute atomic E-state index is 9.32. The lowest BCUT2D eigenvalue weighted by Gasteiger charge is -2.12. The molecule has 7 heteroatoms. The second-order valence-electron chi connectivity index (χ2n) is 4.79. The number of aromatic nitrogens is 4. The minimum atomic E-state index is 0.118. The number of allylic oxidation sites excluding steroid dienone is 1. The highest BCUT2D eigenvalue weighted by Crippen LogP contribution is 2.35. The molecule has 2 atom stereocenters. The molecule has 0 radical (unpaired) electrons. The fourth-order valence-corrected chi connectivity index (χ4v) is 2.76. The highest BCUT2D eigenvalue weighted by molar-refractivity contribution is 6.33. The number of aliphatic hydroxyl groups is 1. The molecule has 0 amide bonds. The number of rotatable bonds is 2. The van der Waals surface area contributed by atoms with E-state index in [0.717, 1.165) is 6.42 Å². The molecule has 0 fully saturated rings. The van der Waals surface area contributed by atoms with Crippen LogP contribution < -0.4 is 5.73 Å². The van der Waals surface area contributed by atoms with Crippen molar-refractivity contribution in [2.24, 2.45) is 5.92 Å². The molecule has 6 nitrogen and oxygen atoms in total. The van der Waals surface area contributed by atoms with Gasteiger partial charge in [-0.05, 0) is 13.3 Å². The van der Waals surface area contributed by atoms with Gasteiger partial charge in [0.1, 0.15) is 5.52 Å². The van der Waals surface area contributed by atoms with Crippen LogP contribution in [0.1, 0.15) is 19.4 Å². The predicted molar refractivity (Wildman–Crippen MR) is 72.7 cm³/mol. The summed E-state index contributed by atoms with van der Waals surface area (Å²) in [4.78, 5) is 12.3. The molecular formula is C12H14ClN5O. The quantitative estimate of drug-likeness (QED) is 0.643. The van der Waals surface area contributed by atoms with Crippen molar-refractivity contribution < 1.29 is 5.11 Å². The van der Waals surface area contributed by atoms with Gasteiger partial charge >= 0.3 is 0 Å². The second kappa shape index (κ2) is 4.47. The van der Waals surface area contributed by atoms with E-state index in [4.69, 9.17) is 17.3 Å². The smallest absolute Gasteiger partial charge is 0.223 e. The van der Waals surface area contributed by atoms with E-state index < -0.39 is 0 Å². The minimum Gasteiger partial charge on any atom is -0.396 e. The van der Waals surface area contributed by atoms with Gasteiger partial charge < -0.3 is 15.4 Å². The summed E-state index contributed by atoms with van der Waals surface area (Å²) in [6.07, 6.45) is 4.64. The Balaban J connectivity index is 2.08. The first-order chi connectivity index (χ1) is 9.10. The van der Waals surface area contributed by atoms with Gasteiger partial charge in [-0.3, -0.25) is 0 Å². The number of fused-ring (bicyclic) bond motifs is 1. The van der Waals surface area contributed by atoms with Crippen LogP contribution in [0.5, 0.6) is 0 Å². The SMILES string of the molecule is CC1=C[C@H](n2cnc3c(Cl)nc(N)nc32)C[C@@H]1CO. The molecule has 3 rings (SSSR count). The van der Waals surface area contributed by atoms with Crippen LogP contribution in [0.25, 0.3) is 11.2 Å². The second-order valence-corrected chi connectivity index (χ2v) is 5.15. The van der Waals surface area contributed by atoms with Crippen molar-refractivity contribution in [2.75, 3.05) is 12.3 Å². The number of halogens is 1. The first-order valence-electron chi connectivity index (χ1n) is 6.05. The molecule has 0 spiro atoms. The summed E-state index contributed by atoms with van der Waals surface area (Å²) in [5.41, 5.74) is 7.99. The van der Waals surface area contributed by atoms with Gasteiger partial charge in [0.25, 0.3) is 0 Å². The summed E-state index contributed by atoms with van der Waals surface area (Å²) in [6.45, 7) is 2.18. The maximum atomic E-state index is 9.32. The lowest BCUT2D eigenvalue weighted by Crippen LogP contribution is -2.09. The zero-order valence-electron chi connectivity index (χ0n) is 10.4. The average Bonchev–Trinajstić information content (AvgIpc) is 2.92. The van der Waals surface area contributed by atoms with E-state index in [2.05, 4.69) is 21.0 Å². The summed E-state index contributed by atoms with van der Waals surface area (Å²) in [5.74, 6) is 0.328. The van der Waals surface area contributed by atoms with E-state index in [0.29, 0.717) is 11.2 Å². The molecule has 100 valence electrons. The molecule has 0 aliphatic heterocycles. The standard InChI is InChI=1S/C12H14ClN5O/c1-6-2-8(3-7(6)4-19)18-5-15-9-10(13)16-12(14)17-11(9)18/h2,5,7-8,19H,3-4H2,1H3,(H2,14,16,17)/t7-,8+/m1/s1. The fourth-order valence-electron chi connectivity index (χ4n) is 2.54. The Labute approximate surface area is 114 Å². The number of hydrogen-bond donors (Lipinski definition) is 2. The molecule has 0 saturated carbocycles. The predicted octanol–water partition coefficient (Wildman–Crippen LogP) is 1.56. The van der Waals surface area contributed by atoms with Gasteiger partial charge in [-0.25, -0.2) is 4.98 Å². The van der Waals surface area contributed by atoms with Crippen molar-refractivity contribution in [2.45, 2.75) is 19.4 Å². The molecular weight excluding hydrogens is 266 g/mol. The number of imidazole rings is 1. The van der Waals surface area contributed by atoms with Gasteiger partial charge in [-0.15, -0.1) is 0 Å². The summed E-state index contributed by atoms with van der Waals surface area (Å²) in [5, 5.41) is 9.58. The third-order valence-corrected chi connectivity index (χ3v) is 3.86. The van der Waals surface area contributed by atoms with Gasteiger partial charge in [-0.1, -0.05) is 23.3 Å². The monoisotopic (exact) mass is 279 g/mol. The third kappa shape index (κ3) is 1.97. The Morgan fingerprint density at radius 3 is 3.00 bits per heavy atom. The van der Waals surface area contributed by atoms with Crippen LogP contribution in [0.2, 0.25) is 5.15 Å². The normalized spacial score (nSPS) is 23.0. The molecule has 2 aromatic heterocycles. The van der Waals surface area contributed by atoms with Crippen molar-refractivity contribution in [3.05, 3.63) is 23.1 Å². The average molecular weight is 280 g/mol. The summed E-state index contributed by atoms with van der Waals surface area (Å²) < 4.78 is 1.93. The highest BCUT2D eigenvalue weighted by atomic mass is 35.5. The number of nitrogen functional groups attached to an aromatic ring is 1. The number of nitrogens with two attached hydrogens (primary N) is 1. The largest absolute Gasteiger partial charge is 0.396 e. The van der Waals surface area contributed by atoms with Crippen LogP contribution in [0, 0.1) is 5.92 Å². The highest BCUT2D eigenvalue weighted by Gasteiger charge is 2.26. The number of nitrogens with zero attached hydrogens (tertiary/aromatic N) is 4. The Hall–Kier alpha value is -1.66. The Morgan fingerprint density at radius 2 is 2.32 bits per heavy atom. The number of hydrogen-bond acceptors (Lipinski definition) is 5. The van der Waals surface area contributed by atoms with Gasteiger partial charge in [0.15, 0.2) is 10.8 Å². The first kappa shape index (κ1) is 12.4. The molecule has 19 heavy (non-hydrogen) atoms. The molecule has 0 aromatic carbocycles. The van der Waals surface area contributed by atoms with E-state index >= 15 is 0 Å². The van der Waals surface area contributed by atoms with E-state index in [1.165, 1.54) is 5.57 Å². The number of aliphatic hydroxyl groups excluding tert-OH is 1.